The molecule has 0 saturated heterocycles. The van der Waals surface area contributed by atoms with Gasteiger partial charge in [-0.15, -0.1) is 0 Å². The molecule has 0 saturated carbocycles. The number of nitrogens with zero attached hydrogens (tertiary/aromatic N) is 4. The highest BCUT2D eigenvalue weighted by Crippen LogP contribution is 2.36. The summed E-state index contributed by atoms with van der Waals surface area (Å²) in [6.07, 6.45) is 0.742. The molecule has 0 spiro atoms. The largest absolute Gasteiger partial charge is 0.323 e. The van der Waals surface area contributed by atoms with Gasteiger partial charge in [-0.05, 0) is 111 Å². The summed E-state index contributed by atoms with van der Waals surface area (Å²) < 4.78 is 0. The van der Waals surface area contributed by atoms with Gasteiger partial charge in [-0.1, -0.05) is 107 Å². The Balaban J connectivity index is 1.31. The molecule has 0 fully saturated rings. The number of Topliss-reactive ketones (excluding diaryl/α,β-unsaturated/α-hetero) is 2. The zero-order valence-corrected chi connectivity index (χ0v) is 40.8. The van der Waals surface area contributed by atoms with Crippen molar-refractivity contribution in [3.63, 3.8) is 0 Å². The highest BCUT2D eigenvalue weighted by molar-refractivity contribution is 6.46. The third kappa shape index (κ3) is 12.8. The van der Waals surface area contributed by atoms with Crippen LogP contribution < -0.4 is 21.3 Å². The lowest BCUT2D eigenvalue weighted by Crippen LogP contribution is -2.33. The quantitative estimate of drug-likeness (QED) is 0.0430. The molecule has 4 N–H and O–H groups in total. The van der Waals surface area contributed by atoms with E-state index in [0.717, 1.165) is 0 Å². The summed E-state index contributed by atoms with van der Waals surface area (Å²) in [6.45, 7) is 5.99. The Labute approximate surface area is 417 Å². The first-order valence-electron chi connectivity index (χ1n) is 19.3. The number of rotatable bonds is 16. The van der Waals surface area contributed by atoms with Crippen molar-refractivity contribution in [3.8, 4) is 0 Å². The Morgan fingerprint density at radius 1 is 0.470 bits per heavy atom. The number of amides is 4. The van der Waals surface area contributed by atoms with Gasteiger partial charge in [-0.2, -0.15) is 20.5 Å². The molecule has 2 unspecified atom stereocenters. The summed E-state index contributed by atoms with van der Waals surface area (Å²) in [6, 6.07) is 13.7. The summed E-state index contributed by atoms with van der Waals surface area (Å²) in [5.74, 6) is -4.25. The van der Waals surface area contributed by atoms with Gasteiger partial charge in [0.25, 0.3) is 23.6 Å². The lowest BCUT2D eigenvalue weighted by molar-refractivity contribution is -0.127. The summed E-state index contributed by atoms with van der Waals surface area (Å²) >= 11 is 49.4. The summed E-state index contributed by atoms with van der Waals surface area (Å²) in [5.41, 5.74) is 2.29. The second-order valence-electron chi connectivity index (χ2n) is 14.0. The first kappa shape index (κ1) is 51.8. The van der Waals surface area contributed by atoms with E-state index < -0.39 is 47.3 Å². The molecule has 0 heterocycles. The summed E-state index contributed by atoms with van der Waals surface area (Å²) in [5, 5.41) is 27.7. The minimum Gasteiger partial charge on any atom is -0.323 e. The first-order chi connectivity index (χ1) is 31.2. The van der Waals surface area contributed by atoms with Crippen LogP contribution in [-0.4, -0.2) is 47.3 Å². The third-order valence-electron chi connectivity index (χ3n) is 9.37. The number of benzene rings is 5. The van der Waals surface area contributed by atoms with Gasteiger partial charge in [-0.25, -0.2) is 0 Å². The zero-order valence-electron chi connectivity index (χ0n) is 34.8. The Morgan fingerprint density at radius 2 is 0.833 bits per heavy atom. The molecular weight excluding hydrogens is 1020 g/mol. The topological polar surface area (TPSA) is 200 Å². The van der Waals surface area contributed by atoms with Gasteiger partial charge in [0.1, 0.15) is 0 Å². The van der Waals surface area contributed by atoms with E-state index in [9.17, 15) is 28.8 Å². The molecule has 66 heavy (non-hydrogen) atoms. The van der Waals surface area contributed by atoms with Crippen LogP contribution in [0.15, 0.2) is 93.3 Å². The molecule has 2 atom stereocenters. The van der Waals surface area contributed by atoms with Crippen LogP contribution in [0.3, 0.4) is 0 Å². The van der Waals surface area contributed by atoms with Crippen LogP contribution in [0.25, 0.3) is 0 Å². The molecule has 0 aliphatic heterocycles. The van der Waals surface area contributed by atoms with E-state index in [1.54, 1.807) is 0 Å². The Morgan fingerprint density at radius 3 is 1.17 bits per heavy atom. The van der Waals surface area contributed by atoms with Crippen molar-refractivity contribution in [3.05, 3.63) is 135 Å². The molecule has 0 aliphatic carbocycles. The predicted molar refractivity (Wildman–Crippen MR) is 262 cm³/mol. The first-order valence-corrected chi connectivity index (χ1v) is 22.3. The highest BCUT2D eigenvalue weighted by Gasteiger charge is 2.27. The van der Waals surface area contributed by atoms with Crippen LogP contribution in [-0.2, 0) is 32.0 Å². The van der Waals surface area contributed by atoms with Crippen molar-refractivity contribution in [1.29, 1.82) is 0 Å². The molecule has 0 radical (unpaired) electrons. The maximum atomic E-state index is 13.6. The van der Waals surface area contributed by atoms with Gasteiger partial charge in [0.2, 0.25) is 12.1 Å². The number of carbonyl (C=O) groups excluding carboxylic acids is 6. The van der Waals surface area contributed by atoms with Crippen LogP contribution in [0.5, 0.6) is 0 Å². The monoisotopic (exact) mass is 1050 g/mol. The van der Waals surface area contributed by atoms with Crippen LogP contribution in [0.4, 0.5) is 34.1 Å². The van der Waals surface area contributed by atoms with Crippen LogP contribution in [0, 0.1) is 0 Å². The SMILES string of the molecule is CCc1c(NC(=O)C(N=Nc2ccc(Cl)c(C(=O)Nc3cc(Cl)cc(Cl)c3Cl)c2)C(C)=O)ccc(NC(=O)C(N=Nc2ccc(Cl)c(C(=O)Nc3cc(Cl)cc(Cl)c3Cl)c2)C(C)=O)c1CC. The van der Waals surface area contributed by atoms with E-state index in [-0.39, 0.29) is 74.1 Å². The summed E-state index contributed by atoms with van der Waals surface area (Å²) in [4.78, 5) is 79.0. The second kappa shape index (κ2) is 23.0. The lowest BCUT2D eigenvalue weighted by Gasteiger charge is -2.20. The number of hydrogen-bond acceptors (Lipinski definition) is 10. The van der Waals surface area contributed by atoms with E-state index in [1.165, 1.54) is 86.6 Å². The Bertz CT molecular complexity index is 2670. The van der Waals surface area contributed by atoms with Crippen LogP contribution >= 0.6 is 92.8 Å². The molecule has 22 heteroatoms. The molecule has 342 valence electrons. The van der Waals surface area contributed by atoms with Gasteiger partial charge in [0, 0.05) is 21.4 Å². The maximum Gasteiger partial charge on any atom is 0.258 e. The fourth-order valence-electron chi connectivity index (χ4n) is 6.19. The maximum absolute atomic E-state index is 13.6. The van der Waals surface area contributed by atoms with E-state index in [2.05, 4.69) is 41.7 Å². The number of carbonyl (C=O) groups is 6. The summed E-state index contributed by atoms with van der Waals surface area (Å²) in [7, 11) is 0. The van der Waals surface area contributed by atoms with Crippen molar-refractivity contribution in [2.24, 2.45) is 20.5 Å². The van der Waals surface area contributed by atoms with E-state index in [4.69, 9.17) is 92.8 Å². The fourth-order valence-corrected chi connectivity index (χ4v) is 7.90. The van der Waals surface area contributed by atoms with E-state index >= 15 is 0 Å². The van der Waals surface area contributed by atoms with Gasteiger partial charge in [0.05, 0.1) is 64.0 Å². The smallest absolute Gasteiger partial charge is 0.258 e. The number of anilines is 4. The standard InChI is InChI=1S/C44H34Cl8N8O6/c1-5-25-26(6-2)34(54-44(66)40(20(4)62)60-58-24-8-10-30(48)28(18-24)42(64)56-36-16-22(46)14-32(50)38(36)52)12-11-33(25)53-43(65)39(19(3)61)59-57-23-7-9-29(47)27(17-23)41(63)55-35-15-21(45)13-31(49)37(35)51/h7-18,39-40H,5-6H2,1-4H3,(H,53,65)(H,54,66)(H,55,63)(H,56,64). The van der Waals surface area contributed by atoms with Gasteiger partial charge in [-0.3, -0.25) is 28.8 Å². The van der Waals surface area contributed by atoms with Crippen molar-refractivity contribution in [2.75, 3.05) is 21.3 Å². The minimum atomic E-state index is -1.60. The molecule has 0 bridgehead atoms. The average Bonchev–Trinajstić information content (AvgIpc) is 3.25. The molecular formula is C44H34Cl8N8O6. The number of halogens is 8. The number of hydrogen-bond donors (Lipinski definition) is 4. The van der Waals surface area contributed by atoms with Gasteiger partial charge >= 0.3 is 0 Å². The van der Waals surface area contributed by atoms with Crippen molar-refractivity contribution < 1.29 is 28.8 Å². The number of azo groups is 2. The average molecular weight is 1050 g/mol. The molecule has 5 aromatic rings. The van der Waals surface area contributed by atoms with Crippen LogP contribution in [0.2, 0.25) is 40.2 Å². The van der Waals surface area contributed by atoms with Gasteiger partial charge < -0.3 is 21.3 Å². The third-order valence-corrected chi connectivity index (χ3v) is 12.1. The number of ketones is 2. The molecule has 5 rings (SSSR count). The fraction of sp³-hybridized carbons (Fsp3) is 0.182. The minimum absolute atomic E-state index is 0.0286. The van der Waals surface area contributed by atoms with Crippen molar-refractivity contribution >= 4 is 162 Å². The second-order valence-corrected chi connectivity index (χ2v) is 17.3. The lowest BCUT2D eigenvalue weighted by atomic mass is 9.98. The van der Waals surface area contributed by atoms with E-state index in [1.807, 2.05) is 13.8 Å². The van der Waals surface area contributed by atoms with Crippen LogP contribution in [0.1, 0.15) is 59.5 Å². The normalized spacial score (nSPS) is 12.2. The molecule has 4 amide bonds. The van der Waals surface area contributed by atoms with Gasteiger partial charge in [0.15, 0.2) is 11.6 Å². The Hall–Kier alpha value is -5.16. The molecule has 0 aromatic heterocycles. The predicted octanol–water partition coefficient (Wildman–Crippen LogP) is 13.9. The van der Waals surface area contributed by atoms with Crippen molar-refractivity contribution in [2.45, 2.75) is 52.6 Å². The number of nitrogens with one attached hydrogen (secondary N) is 4. The highest BCUT2D eigenvalue weighted by atomic mass is 35.5. The molecule has 14 nitrogen and oxygen atoms in total. The zero-order chi connectivity index (χ0) is 48.6. The van der Waals surface area contributed by atoms with Crippen molar-refractivity contribution in [1.82, 2.24) is 0 Å². The van der Waals surface area contributed by atoms with E-state index in [0.29, 0.717) is 35.3 Å². The Kier molecular flexibility index (Phi) is 18.1. The molecule has 5 aromatic carbocycles. The molecule has 0 aliphatic rings.